The molecule has 19 heavy (non-hydrogen) atoms. The second-order valence-electron chi connectivity index (χ2n) is 4.79. The minimum absolute atomic E-state index is 0.268. The van der Waals surface area contributed by atoms with Gasteiger partial charge in [-0.3, -0.25) is 0 Å². The standard InChI is InChI=1S/C13H16N4O2/c18-12(19)8-1-2-10-11(7-8)17-13(16-10)15-9-3-5-14-6-4-9/h1-2,7,9,14H,3-6H2,(H,18,19)(H2,15,16,17). The highest BCUT2D eigenvalue weighted by molar-refractivity contribution is 5.92. The summed E-state index contributed by atoms with van der Waals surface area (Å²) in [6.45, 7) is 2.03. The van der Waals surface area contributed by atoms with Crippen LogP contribution in [0.3, 0.4) is 0 Å². The molecule has 3 rings (SSSR count). The van der Waals surface area contributed by atoms with Gasteiger partial charge in [0.2, 0.25) is 5.95 Å². The van der Waals surface area contributed by atoms with Gasteiger partial charge in [0.1, 0.15) is 0 Å². The van der Waals surface area contributed by atoms with E-state index < -0.39 is 5.97 Å². The first-order valence-corrected chi connectivity index (χ1v) is 6.43. The normalized spacial score (nSPS) is 16.6. The molecule has 0 unspecified atom stereocenters. The Balaban J connectivity index is 1.82. The second kappa shape index (κ2) is 4.89. The molecule has 0 bridgehead atoms. The third-order valence-electron chi connectivity index (χ3n) is 3.41. The highest BCUT2D eigenvalue weighted by atomic mass is 16.4. The molecule has 6 nitrogen and oxygen atoms in total. The average molecular weight is 260 g/mol. The van der Waals surface area contributed by atoms with E-state index in [9.17, 15) is 4.79 Å². The summed E-state index contributed by atoms with van der Waals surface area (Å²) in [6.07, 6.45) is 2.13. The van der Waals surface area contributed by atoms with Crippen molar-refractivity contribution in [1.82, 2.24) is 15.3 Å². The van der Waals surface area contributed by atoms with Gasteiger partial charge in [0.15, 0.2) is 0 Å². The number of benzene rings is 1. The number of carboxylic acids is 1. The van der Waals surface area contributed by atoms with E-state index in [2.05, 4.69) is 20.6 Å². The highest BCUT2D eigenvalue weighted by Gasteiger charge is 2.14. The maximum Gasteiger partial charge on any atom is 0.335 e. The topological polar surface area (TPSA) is 90.0 Å². The fourth-order valence-electron chi connectivity index (χ4n) is 2.37. The van der Waals surface area contributed by atoms with Crippen LogP contribution >= 0.6 is 0 Å². The molecular formula is C13H16N4O2. The zero-order valence-corrected chi connectivity index (χ0v) is 10.4. The van der Waals surface area contributed by atoms with Gasteiger partial charge in [-0.05, 0) is 44.1 Å². The van der Waals surface area contributed by atoms with E-state index in [1.54, 1.807) is 18.2 Å². The number of aromatic nitrogens is 2. The summed E-state index contributed by atoms with van der Waals surface area (Å²) < 4.78 is 0. The van der Waals surface area contributed by atoms with Crippen LogP contribution in [0.15, 0.2) is 18.2 Å². The van der Waals surface area contributed by atoms with Crippen LogP contribution in [0.1, 0.15) is 23.2 Å². The van der Waals surface area contributed by atoms with Crippen molar-refractivity contribution in [2.75, 3.05) is 18.4 Å². The van der Waals surface area contributed by atoms with E-state index >= 15 is 0 Å². The molecule has 0 saturated carbocycles. The minimum atomic E-state index is -0.927. The first-order chi connectivity index (χ1) is 9.22. The second-order valence-corrected chi connectivity index (χ2v) is 4.79. The molecule has 1 fully saturated rings. The van der Waals surface area contributed by atoms with Crippen LogP contribution in [-0.2, 0) is 0 Å². The fraction of sp³-hybridized carbons (Fsp3) is 0.385. The number of carbonyl (C=O) groups is 1. The summed E-state index contributed by atoms with van der Waals surface area (Å²) in [5.41, 5.74) is 1.79. The summed E-state index contributed by atoms with van der Waals surface area (Å²) in [6, 6.07) is 5.32. The average Bonchev–Trinajstić information content (AvgIpc) is 2.80. The molecule has 1 aromatic heterocycles. The number of imidazole rings is 1. The van der Waals surface area contributed by atoms with Crippen molar-refractivity contribution in [3.8, 4) is 0 Å². The maximum absolute atomic E-state index is 10.9. The summed E-state index contributed by atoms with van der Waals surface area (Å²) in [4.78, 5) is 18.5. The Bertz CT molecular complexity index is 602. The molecule has 2 aromatic rings. The van der Waals surface area contributed by atoms with E-state index in [0.717, 1.165) is 37.0 Å². The Kier molecular flexibility index (Phi) is 3.08. The Morgan fingerprint density at radius 2 is 2.16 bits per heavy atom. The number of hydrogen-bond acceptors (Lipinski definition) is 4. The summed E-state index contributed by atoms with van der Waals surface area (Å²) in [5, 5.41) is 15.6. The third-order valence-corrected chi connectivity index (χ3v) is 3.41. The van der Waals surface area contributed by atoms with Gasteiger partial charge in [-0.25, -0.2) is 9.78 Å². The predicted octanol–water partition coefficient (Wildman–Crippen LogP) is 1.42. The van der Waals surface area contributed by atoms with Crippen LogP contribution in [0.4, 0.5) is 5.95 Å². The molecular weight excluding hydrogens is 244 g/mol. The van der Waals surface area contributed by atoms with Crippen molar-refractivity contribution in [3.05, 3.63) is 23.8 Å². The van der Waals surface area contributed by atoms with Gasteiger partial charge < -0.3 is 20.7 Å². The van der Waals surface area contributed by atoms with E-state index in [1.165, 1.54) is 0 Å². The molecule has 2 heterocycles. The zero-order valence-electron chi connectivity index (χ0n) is 10.4. The molecule has 1 saturated heterocycles. The Morgan fingerprint density at radius 1 is 1.37 bits per heavy atom. The number of rotatable bonds is 3. The monoisotopic (exact) mass is 260 g/mol. The van der Waals surface area contributed by atoms with Crippen LogP contribution in [-0.4, -0.2) is 40.2 Å². The minimum Gasteiger partial charge on any atom is -0.478 e. The van der Waals surface area contributed by atoms with E-state index in [4.69, 9.17) is 5.11 Å². The number of anilines is 1. The lowest BCUT2D eigenvalue weighted by atomic mass is 10.1. The van der Waals surface area contributed by atoms with Gasteiger partial charge in [0.25, 0.3) is 0 Å². The molecule has 0 atom stereocenters. The van der Waals surface area contributed by atoms with Gasteiger partial charge in [-0.2, -0.15) is 0 Å². The first-order valence-electron chi connectivity index (χ1n) is 6.43. The van der Waals surface area contributed by atoms with Gasteiger partial charge in [0.05, 0.1) is 16.6 Å². The lowest BCUT2D eigenvalue weighted by molar-refractivity contribution is 0.0697. The van der Waals surface area contributed by atoms with E-state index in [-0.39, 0.29) is 5.56 Å². The lowest BCUT2D eigenvalue weighted by Crippen LogP contribution is -2.35. The molecule has 6 heteroatoms. The number of H-pyrrole nitrogens is 1. The van der Waals surface area contributed by atoms with E-state index in [1.807, 2.05) is 0 Å². The molecule has 0 aliphatic carbocycles. The van der Waals surface area contributed by atoms with Crippen LogP contribution in [0.5, 0.6) is 0 Å². The number of aromatic amines is 1. The largest absolute Gasteiger partial charge is 0.478 e. The molecule has 1 aliphatic rings. The number of hydrogen-bond donors (Lipinski definition) is 4. The number of piperidine rings is 1. The van der Waals surface area contributed by atoms with Gasteiger partial charge in [0, 0.05) is 6.04 Å². The molecule has 100 valence electrons. The quantitative estimate of drug-likeness (QED) is 0.670. The van der Waals surface area contributed by atoms with Crippen LogP contribution in [0.25, 0.3) is 11.0 Å². The SMILES string of the molecule is O=C(O)c1ccc2nc(NC3CCNCC3)[nH]c2c1. The number of carboxylic acid groups (broad SMARTS) is 1. The van der Waals surface area contributed by atoms with Crippen molar-refractivity contribution in [1.29, 1.82) is 0 Å². The molecule has 0 amide bonds. The third kappa shape index (κ3) is 2.53. The predicted molar refractivity (Wildman–Crippen MR) is 72.6 cm³/mol. The van der Waals surface area contributed by atoms with Gasteiger partial charge in [-0.1, -0.05) is 0 Å². The molecule has 0 spiro atoms. The van der Waals surface area contributed by atoms with Crippen molar-refractivity contribution in [2.24, 2.45) is 0 Å². The maximum atomic E-state index is 10.9. The smallest absolute Gasteiger partial charge is 0.335 e. The Hall–Kier alpha value is -2.08. The number of fused-ring (bicyclic) bond motifs is 1. The van der Waals surface area contributed by atoms with E-state index in [0.29, 0.717) is 12.0 Å². The van der Waals surface area contributed by atoms with Crippen LogP contribution in [0, 0.1) is 0 Å². The number of nitrogens with zero attached hydrogens (tertiary/aromatic N) is 1. The zero-order chi connectivity index (χ0) is 13.2. The number of nitrogens with one attached hydrogen (secondary N) is 3. The lowest BCUT2D eigenvalue weighted by Gasteiger charge is -2.23. The van der Waals surface area contributed by atoms with Crippen molar-refractivity contribution >= 4 is 23.0 Å². The van der Waals surface area contributed by atoms with Crippen LogP contribution in [0.2, 0.25) is 0 Å². The van der Waals surface area contributed by atoms with Gasteiger partial charge in [-0.15, -0.1) is 0 Å². The first kappa shape index (κ1) is 12.0. The summed E-state index contributed by atoms with van der Waals surface area (Å²) in [5.74, 6) is -0.214. The Morgan fingerprint density at radius 3 is 2.89 bits per heavy atom. The Labute approximate surface area is 110 Å². The van der Waals surface area contributed by atoms with Crippen molar-refractivity contribution < 1.29 is 9.90 Å². The molecule has 0 radical (unpaired) electrons. The van der Waals surface area contributed by atoms with Crippen LogP contribution < -0.4 is 10.6 Å². The summed E-state index contributed by atoms with van der Waals surface area (Å²) >= 11 is 0. The summed E-state index contributed by atoms with van der Waals surface area (Å²) in [7, 11) is 0. The molecule has 1 aromatic carbocycles. The van der Waals surface area contributed by atoms with Crippen molar-refractivity contribution in [2.45, 2.75) is 18.9 Å². The highest BCUT2D eigenvalue weighted by Crippen LogP contribution is 2.18. The van der Waals surface area contributed by atoms with Gasteiger partial charge >= 0.3 is 5.97 Å². The molecule has 1 aliphatic heterocycles. The van der Waals surface area contributed by atoms with Crippen molar-refractivity contribution in [3.63, 3.8) is 0 Å². The molecule has 4 N–H and O–H groups in total. The number of aromatic carboxylic acids is 1. The fourth-order valence-corrected chi connectivity index (χ4v) is 2.37.